The van der Waals surface area contributed by atoms with Crippen molar-refractivity contribution in [2.75, 3.05) is 0 Å². The van der Waals surface area contributed by atoms with Crippen LogP contribution < -0.4 is 4.74 Å². The highest BCUT2D eigenvalue weighted by Crippen LogP contribution is 2.21. The summed E-state index contributed by atoms with van der Waals surface area (Å²) in [5.41, 5.74) is 1.20. The van der Waals surface area contributed by atoms with E-state index in [1.54, 1.807) is 31.2 Å². The summed E-state index contributed by atoms with van der Waals surface area (Å²) in [6, 6.07) is 7.90. The Hall–Kier alpha value is -1.68. The molecule has 1 aromatic heterocycles. The molecule has 0 radical (unpaired) electrons. The lowest BCUT2D eigenvalue weighted by Gasteiger charge is -2.05. The van der Waals surface area contributed by atoms with Crippen LogP contribution in [0.1, 0.15) is 11.3 Å². The van der Waals surface area contributed by atoms with Gasteiger partial charge >= 0.3 is 0 Å². The van der Waals surface area contributed by atoms with Gasteiger partial charge in [-0.05, 0) is 36.8 Å². The molecule has 88 valence electrons. The summed E-state index contributed by atoms with van der Waals surface area (Å²) in [6.07, 6.45) is 0. The second-order valence-electron chi connectivity index (χ2n) is 3.51. The Labute approximate surface area is 103 Å². The van der Waals surface area contributed by atoms with Crippen molar-refractivity contribution in [1.82, 2.24) is 10.2 Å². The van der Waals surface area contributed by atoms with Crippen molar-refractivity contribution in [1.29, 1.82) is 0 Å². The zero-order valence-corrected chi connectivity index (χ0v) is 9.91. The first kappa shape index (κ1) is 11.8. The summed E-state index contributed by atoms with van der Waals surface area (Å²) in [6.45, 7) is 1.67. The molecule has 0 atom stereocenters. The lowest BCUT2D eigenvalue weighted by molar-refractivity contribution is 0.452. The van der Waals surface area contributed by atoms with Crippen LogP contribution >= 0.6 is 11.6 Å². The van der Waals surface area contributed by atoms with Gasteiger partial charge in [0.25, 0.3) is 0 Å². The Balaban J connectivity index is 2.16. The van der Waals surface area contributed by atoms with Crippen LogP contribution in [0.25, 0.3) is 0 Å². The highest BCUT2D eigenvalue weighted by atomic mass is 35.5. The van der Waals surface area contributed by atoms with Crippen LogP contribution in [0.15, 0.2) is 30.3 Å². The molecule has 0 aliphatic heterocycles. The highest BCUT2D eigenvalue weighted by Gasteiger charge is 2.03. The molecule has 0 amide bonds. The maximum Gasteiger partial charge on any atom is 0.238 e. The zero-order chi connectivity index (χ0) is 12.3. The monoisotopic (exact) mass is 252 g/mol. The number of rotatable bonds is 3. The van der Waals surface area contributed by atoms with Gasteiger partial charge in [-0.2, -0.15) is 5.10 Å². The van der Waals surface area contributed by atoms with E-state index in [-0.39, 0.29) is 5.82 Å². The van der Waals surface area contributed by atoms with Gasteiger partial charge in [0, 0.05) is 6.07 Å². The fourth-order valence-corrected chi connectivity index (χ4v) is 1.42. The second-order valence-corrected chi connectivity index (χ2v) is 3.78. The Kier molecular flexibility index (Phi) is 3.54. The summed E-state index contributed by atoms with van der Waals surface area (Å²) in [7, 11) is 0. The van der Waals surface area contributed by atoms with Crippen molar-refractivity contribution < 1.29 is 9.13 Å². The topological polar surface area (TPSA) is 35.0 Å². The lowest BCUT2D eigenvalue weighted by atomic mass is 10.2. The smallest absolute Gasteiger partial charge is 0.238 e. The molecule has 0 aliphatic rings. The molecule has 5 heteroatoms. The molecule has 3 nitrogen and oxygen atoms in total. The first-order chi connectivity index (χ1) is 8.19. The third-order valence-electron chi connectivity index (χ3n) is 2.18. The average molecular weight is 253 g/mol. The van der Waals surface area contributed by atoms with Crippen LogP contribution in [-0.4, -0.2) is 10.2 Å². The third-order valence-corrected chi connectivity index (χ3v) is 2.46. The van der Waals surface area contributed by atoms with Gasteiger partial charge in [-0.3, -0.25) is 0 Å². The van der Waals surface area contributed by atoms with E-state index in [1.807, 2.05) is 0 Å². The van der Waals surface area contributed by atoms with Gasteiger partial charge in [-0.25, -0.2) is 4.39 Å². The summed E-state index contributed by atoms with van der Waals surface area (Å²) >= 11 is 5.59. The molecule has 0 aliphatic carbocycles. The molecule has 2 aromatic rings. The van der Waals surface area contributed by atoms with E-state index < -0.39 is 0 Å². The van der Waals surface area contributed by atoms with Gasteiger partial charge in [0.1, 0.15) is 11.6 Å². The van der Waals surface area contributed by atoms with E-state index in [0.29, 0.717) is 28.8 Å². The predicted octanol–water partition coefficient (Wildman–Crippen LogP) is 3.46. The van der Waals surface area contributed by atoms with Gasteiger partial charge in [0.15, 0.2) is 0 Å². The van der Waals surface area contributed by atoms with Crippen molar-refractivity contribution in [3.05, 3.63) is 47.4 Å². The van der Waals surface area contributed by atoms with Crippen LogP contribution in [0.4, 0.5) is 4.39 Å². The molecule has 1 heterocycles. The summed E-state index contributed by atoms with van der Waals surface area (Å²) in [5, 5.41) is 7.70. The molecule has 1 aromatic carbocycles. The number of nitrogens with zero attached hydrogens (tertiary/aromatic N) is 2. The van der Waals surface area contributed by atoms with Crippen molar-refractivity contribution in [2.24, 2.45) is 0 Å². The average Bonchev–Trinajstić information content (AvgIpc) is 2.35. The highest BCUT2D eigenvalue weighted by molar-refractivity contribution is 6.16. The van der Waals surface area contributed by atoms with Crippen molar-refractivity contribution >= 4 is 11.6 Å². The Morgan fingerprint density at radius 1 is 1.24 bits per heavy atom. The van der Waals surface area contributed by atoms with Crippen LogP contribution in [0, 0.1) is 12.7 Å². The normalized spacial score (nSPS) is 10.3. The van der Waals surface area contributed by atoms with Gasteiger partial charge in [0.05, 0.1) is 11.6 Å². The SMILES string of the molecule is Cc1cc(Oc2ccc(CCl)nn2)ccc1F. The number of halogens is 2. The van der Waals surface area contributed by atoms with E-state index in [1.165, 1.54) is 6.07 Å². The van der Waals surface area contributed by atoms with E-state index in [2.05, 4.69) is 10.2 Å². The van der Waals surface area contributed by atoms with Gasteiger partial charge in [-0.1, -0.05) is 0 Å². The number of ether oxygens (including phenoxy) is 1. The van der Waals surface area contributed by atoms with Crippen molar-refractivity contribution in [3.8, 4) is 11.6 Å². The van der Waals surface area contributed by atoms with E-state index in [0.717, 1.165) is 0 Å². The summed E-state index contributed by atoms with van der Waals surface area (Å²) < 4.78 is 18.5. The van der Waals surface area contributed by atoms with E-state index >= 15 is 0 Å². The standard InChI is InChI=1S/C12H10ClFN2O/c1-8-6-10(3-4-11(8)14)17-12-5-2-9(7-13)15-16-12/h2-6H,7H2,1H3. The maximum absolute atomic E-state index is 13.0. The molecule has 17 heavy (non-hydrogen) atoms. The van der Waals surface area contributed by atoms with Crippen molar-refractivity contribution in [2.45, 2.75) is 12.8 Å². The Bertz CT molecular complexity index is 516. The second kappa shape index (κ2) is 5.10. The van der Waals surface area contributed by atoms with E-state index in [9.17, 15) is 4.39 Å². The Morgan fingerprint density at radius 3 is 2.65 bits per heavy atom. The molecule has 0 N–H and O–H groups in total. The minimum Gasteiger partial charge on any atom is -0.438 e. The molecule has 2 rings (SSSR count). The third kappa shape index (κ3) is 2.91. The number of hydrogen-bond acceptors (Lipinski definition) is 3. The molecule has 0 unspecified atom stereocenters. The quantitative estimate of drug-likeness (QED) is 0.785. The Morgan fingerprint density at radius 2 is 2.06 bits per heavy atom. The molecule has 0 saturated heterocycles. The fraction of sp³-hybridized carbons (Fsp3) is 0.167. The molecule has 0 spiro atoms. The lowest BCUT2D eigenvalue weighted by Crippen LogP contribution is -1.94. The number of aryl methyl sites for hydroxylation is 1. The van der Waals surface area contributed by atoms with Crippen LogP contribution in [0.2, 0.25) is 0 Å². The van der Waals surface area contributed by atoms with Gasteiger partial charge in [0.2, 0.25) is 5.88 Å². The molecular weight excluding hydrogens is 243 g/mol. The largest absolute Gasteiger partial charge is 0.438 e. The van der Waals surface area contributed by atoms with Gasteiger partial charge < -0.3 is 4.74 Å². The van der Waals surface area contributed by atoms with Crippen LogP contribution in [0.5, 0.6) is 11.6 Å². The zero-order valence-electron chi connectivity index (χ0n) is 9.15. The molecule has 0 saturated carbocycles. The van der Waals surface area contributed by atoms with Gasteiger partial charge in [-0.15, -0.1) is 16.7 Å². The minimum atomic E-state index is -0.263. The molecule has 0 bridgehead atoms. The fourth-order valence-electron chi connectivity index (χ4n) is 1.27. The number of aromatic nitrogens is 2. The number of alkyl halides is 1. The predicted molar refractivity (Wildman–Crippen MR) is 62.8 cm³/mol. The number of hydrogen-bond donors (Lipinski definition) is 0. The summed E-state index contributed by atoms with van der Waals surface area (Å²) in [4.78, 5) is 0. The van der Waals surface area contributed by atoms with Crippen molar-refractivity contribution in [3.63, 3.8) is 0 Å². The molecule has 0 fully saturated rings. The van der Waals surface area contributed by atoms with Crippen LogP contribution in [0.3, 0.4) is 0 Å². The van der Waals surface area contributed by atoms with Crippen LogP contribution in [-0.2, 0) is 5.88 Å². The first-order valence-electron chi connectivity index (χ1n) is 5.01. The molecular formula is C12H10ClFN2O. The minimum absolute atomic E-state index is 0.263. The number of benzene rings is 1. The van der Waals surface area contributed by atoms with E-state index in [4.69, 9.17) is 16.3 Å². The summed E-state index contributed by atoms with van der Waals surface area (Å²) in [5.74, 6) is 0.922. The first-order valence-corrected chi connectivity index (χ1v) is 5.55. The maximum atomic E-state index is 13.0.